The molecule has 0 saturated heterocycles. The van der Waals surface area contributed by atoms with E-state index in [1.54, 1.807) is 36.4 Å². The third kappa shape index (κ3) is 4.53. The zero-order valence-electron chi connectivity index (χ0n) is 20.9. The predicted molar refractivity (Wildman–Crippen MR) is 136 cm³/mol. The Morgan fingerprint density at radius 1 is 1.03 bits per heavy atom. The Morgan fingerprint density at radius 3 is 2.44 bits per heavy atom. The smallest absolute Gasteiger partial charge is 0.352 e. The van der Waals surface area contributed by atoms with Crippen molar-refractivity contribution < 1.29 is 14.3 Å². The maximum atomic E-state index is 13.5. The Balaban J connectivity index is 1.88. The summed E-state index contributed by atoms with van der Waals surface area (Å²) in [4.78, 5) is 52.4. The molecule has 0 aliphatic rings. The molecule has 4 rings (SSSR count). The van der Waals surface area contributed by atoms with E-state index >= 15 is 0 Å². The first-order chi connectivity index (χ1) is 17.1. The van der Waals surface area contributed by atoms with Crippen LogP contribution in [0.1, 0.15) is 54.5 Å². The van der Waals surface area contributed by atoms with E-state index in [1.165, 1.54) is 22.1 Å². The summed E-state index contributed by atoms with van der Waals surface area (Å²) >= 11 is 0. The second-order valence-corrected chi connectivity index (χ2v) is 9.34. The Kier molecular flexibility index (Phi) is 6.78. The highest BCUT2D eigenvalue weighted by atomic mass is 16.5. The van der Waals surface area contributed by atoms with E-state index in [9.17, 15) is 19.2 Å². The minimum Gasteiger partial charge on any atom is -0.497 e. The van der Waals surface area contributed by atoms with Crippen molar-refractivity contribution in [2.75, 3.05) is 13.7 Å². The molecule has 4 aromatic rings. The van der Waals surface area contributed by atoms with E-state index < -0.39 is 5.69 Å². The summed E-state index contributed by atoms with van der Waals surface area (Å²) < 4.78 is 8.92. The van der Waals surface area contributed by atoms with Gasteiger partial charge in [0.25, 0.3) is 11.5 Å². The molecule has 0 radical (unpaired) electrons. The van der Waals surface area contributed by atoms with Crippen LogP contribution >= 0.6 is 0 Å². The zero-order chi connectivity index (χ0) is 26.1. The van der Waals surface area contributed by atoms with E-state index in [-0.39, 0.29) is 52.4 Å². The second-order valence-electron chi connectivity index (χ2n) is 9.34. The van der Waals surface area contributed by atoms with Gasteiger partial charge in [-0.25, -0.2) is 13.9 Å². The van der Waals surface area contributed by atoms with Gasteiger partial charge < -0.3 is 10.1 Å². The molecule has 0 atom stereocenters. The lowest BCUT2D eigenvalue weighted by molar-refractivity contribution is 0.0946. The van der Waals surface area contributed by atoms with Crippen molar-refractivity contribution in [3.05, 3.63) is 74.4 Å². The average Bonchev–Trinajstić information content (AvgIpc) is 3.17. The number of aromatic nitrogens is 4. The number of Topliss-reactive ketones (excluding diaryl/α,β-unsaturated/α-hetero) is 1. The Hall–Kier alpha value is -4.21. The minimum absolute atomic E-state index is 0.102. The lowest BCUT2D eigenvalue weighted by Crippen LogP contribution is -2.29. The van der Waals surface area contributed by atoms with Gasteiger partial charge in [-0.15, -0.1) is 5.10 Å². The highest BCUT2D eigenvalue weighted by Crippen LogP contribution is 2.17. The molecule has 0 fully saturated rings. The molecular formula is C26H29N5O5. The molecule has 0 saturated carbocycles. The first-order valence-corrected chi connectivity index (χ1v) is 11.8. The highest BCUT2D eigenvalue weighted by molar-refractivity contribution is 5.98. The summed E-state index contributed by atoms with van der Waals surface area (Å²) in [5.74, 6) is 0.246. The maximum absolute atomic E-state index is 13.5. The number of carbonyl (C=O) groups is 2. The summed E-state index contributed by atoms with van der Waals surface area (Å²) in [7, 11) is 1.50. The van der Waals surface area contributed by atoms with Crippen LogP contribution in [0.15, 0.2) is 52.1 Å². The zero-order valence-corrected chi connectivity index (χ0v) is 20.9. The molecule has 1 N–H and O–H groups in total. The van der Waals surface area contributed by atoms with Gasteiger partial charge in [-0.2, -0.15) is 0 Å². The number of hydrogen-bond donors (Lipinski definition) is 1. The number of ether oxygens (including phenoxy) is 1. The Labute approximate surface area is 207 Å². The maximum Gasteiger partial charge on any atom is 0.352 e. The summed E-state index contributed by atoms with van der Waals surface area (Å²) in [6, 6.07) is 11.0. The fourth-order valence-electron chi connectivity index (χ4n) is 4.01. The van der Waals surface area contributed by atoms with E-state index in [0.717, 1.165) is 4.68 Å². The molecule has 10 nitrogen and oxygen atoms in total. The lowest BCUT2D eigenvalue weighted by Gasteiger charge is -2.13. The van der Waals surface area contributed by atoms with Gasteiger partial charge in [0.15, 0.2) is 5.78 Å². The largest absolute Gasteiger partial charge is 0.497 e. The van der Waals surface area contributed by atoms with Gasteiger partial charge >= 0.3 is 5.69 Å². The third-order valence-corrected chi connectivity index (χ3v) is 5.86. The molecule has 188 valence electrons. The van der Waals surface area contributed by atoms with Crippen LogP contribution in [0.5, 0.6) is 5.75 Å². The molecule has 0 spiro atoms. The molecule has 2 aromatic carbocycles. The van der Waals surface area contributed by atoms with Gasteiger partial charge in [0, 0.05) is 23.7 Å². The van der Waals surface area contributed by atoms with Crippen molar-refractivity contribution in [1.82, 2.24) is 24.1 Å². The number of nitrogens with one attached hydrogen (secondary N) is 1. The first-order valence-electron chi connectivity index (χ1n) is 11.8. The number of methoxy groups -OCH3 is 1. The molecule has 0 aliphatic carbocycles. The van der Waals surface area contributed by atoms with Gasteiger partial charge in [-0.05, 0) is 50.1 Å². The van der Waals surface area contributed by atoms with Crippen LogP contribution in [0.2, 0.25) is 0 Å². The minimum atomic E-state index is -0.583. The standard InChI is InChI=1S/C26H29N5O5/c1-15(2)13-27-23(33)18-9-10-20-21(12-18)31-25(30(16(3)4)24(20)34)28-29(26(31)35)14-22(32)17-7-6-8-19(11-17)36-5/h6-12,15-16H,13-14H2,1-5H3,(H,27,33). The monoisotopic (exact) mass is 491 g/mol. The van der Waals surface area contributed by atoms with Crippen molar-refractivity contribution in [2.45, 2.75) is 40.3 Å². The number of carbonyl (C=O) groups excluding carboxylic acids is 2. The fraction of sp³-hybridized carbons (Fsp3) is 0.346. The van der Waals surface area contributed by atoms with Gasteiger partial charge in [0.2, 0.25) is 5.78 Å². The lowest BCUT2D eigenvalue weighted by atomic mass is 10.1. The van der Waals surface area contributed by atoms with Crippen LogP contribution in [-0.2, 0) is 6.54 Å². The molecular weight excluding hydrogens is 462 g/mol. The van der Waals surface area contributed by atoms with Crippen LogP contribution < -0.4 is 21.3 Å². The van der Waals surface area contributed by atoms with Gasteiger partial charge in [-0.1, -0.05) is 26.0 Å². The van der Waals surface area contributed by atoms with Crippen molar-refractivity contribution >= 4 is 28.4 Å². The summed E-state index contributed by atoms with van der Waals surface area (Å²) in [5, 5.41) is 7.48. The number of amides is 1. The molecule has 36 heavy (non-hydrogen) atoms. The third-order valence-electron chi connectivity index (χ3n) is 5.86. The van der Waals surface area contributed by atoms with E-state index in [0.29, 0.717) is 23.4 Å². The highest BCUT2D eigenvalue weighted by Gasteiger charge is 2.21. The molecule has 10 heteroatoms. The predicted octanol–water partition coefficient (Wildman–Crippen LogP) is 2.67. The number of benzene rings is 2. The van der Waals surface area contributed by atoms with Crippen LogP contribution in [0.3, 0.4) is 0 Å². The fourth-order valence-corrected chi connectivity index (χ4v) is 4.01. The molecule has 1 amide bonds. The summed E-state index contributed by atoms with van der Waals surface area (Å²) in [5.41, 5.74) is 0.0271. The topological polar surface area (TPSA) is 117 Å². The second kappa shape index (κ2) is 9.80. The SMILES string of the molecule is COc1cccc(C(=O)Cn2nc3n(C(C)C)c(=O)c4ccc(C(=O)NCC(C)C)cc4n3c2=O)c1. The molecule has 2 heterocycles. The van der Waals surface area contributed by atoms with Crippen LogP contribution in [0, 0.1) is 5.92 Å². The number of fused-ring (bicyclic) bond motifs is 3. The first kappa shape index (κ1) is 24.9. The Bertz CT molecular complexity index is 1590. The van der Waals surface area contributed by atoms with E-state index in [4.69, 9.17) is 4.74 Å². The van der Waals surface area contributed by atoms with E-state index in [2.05, 4.69) is 10.4 Å². The number of nitrogens with zero attached hydrogens (tertiary/aromatic N) is 4. The van der Waals surface area contributed by atoms with Crippen LogP contribution in [-0.4, -0.2) is 44.1 Å². The quantitative estimate of drug-likeness (QED) is 0.379. The van der Waals surface area contributed by atoms with Crippen LogP contribution in [0.4, 0.5) is 0 Å². The van der Waals surface area contributed by atoms with Crippen molar-refractivity contribution in [1.29, 1.82) is 0 Å². The number of rotatable bonds is 8. The normalized spacial score (nSPS) is 11.5. The molecule has 0 bridgehead atoms. The van der Waals surface area contributed by atoms with Crippen molar-refractivity contribution in [3.63, 3.8) is 0 Å². The number of ketones is 1. The van der Waals surface area contributed by atoms with Crippen molar-refractivity contribution in [2.24, 2.45) is 5.92 Å². The van der Waals surface area contributed by atoms with E-state index in [1.807, 2.05) is 27.7 Å². The van der Waals surface area contributed by atoms with Gasteiger partial charge in [0.05, 0.1) is 18.0 Å². The van der Waals surface area contributed by atoms with Crippen molar-refractivity contribution in [3.8, 4) is 5.75 Å². The number of hydrogen-bond acceptors (Lipinski definition) is 6. The van der Waals surface area contributed by atoms with Gasteiger partial charge in [0.1, 0.15) is 12.3 Å². The Morgan fingerprint density at radius 2 is 1.78 bits per heavy atom. The van der Waals surface area contributed by atoms with Crippen LogP contribution in [0.25, 0.3) is 16.7 Å². The average molecular weight is 492 g/mol. The summed E-state index contributed by atoms with van der Waals surface area (Å²) in [6.07, 6.45) is 0. The molecule has 2 aromatic heterocycles. The van der Waals surface area contributed by atoms with Gasteiger partial charge in [-0.3, -0.25) is 19.0 Å². The molecule has 0 unspecified atom stereocenters. The summed E-state index contributed by atoms with van der Waals surface area (Å²) in [6.45, 7) is 7.76. The molecule has 0 aliphatic heterocycles.